The molecule has 0 saturated heterocycles. The van der Waals surface area contributed by atoms with Crippen LogP contribution >= 0.6 is 0 Å². The normalized spacial score (nSPS) is 13.2. The third-order valence-corrected chi connectivity index (χ3v) is 2.27. The molecule has 1 heterocycles. The predicted octanol–water partition coefficient (Wildman–Crippen LogP) is 0.858. The average Bonchev–Trinajstić information content (AvgIpc) is 2.48. The van der Waals surface area contributed by atoms with E-state index in [0.29, 0.717) is 6.54 Å². The molecule has 1 aromatic heterocycles. The molecule has 0 fully saturated rings. The zero-order valence-corrected chi connectivity index (χ0v) is 8.45. The fourth-order valence-electron chi connectivity index (χ4n) is 1.33. The van der Waals surface area contributed by atoms with Crippen LogP contribution in [0.5, 0.6) is 0 Å². The Hall–Kier alpha value is -0.870. The molecule has 13 heavy (non-hydrogen) atoms. The van der Waals surface area contributed by atoms with Crippen LogP contribution < -0.4 is 5.73 Å². The van der Waals surface area contributed by atoms with E-state index in [1.54, 1.807) is 7.11 Å². The van der Waals surface area contributed by atoms with Gasteiger partial charge in [-0.1, -0.05) is 0 Å². The number of nitrogens with zero attached hydrogens (tertiary/aromatic N) is 2. The van der Waals surface area contributed by atoms with Gasteiger partial charge < -0.3 is 10.5 Å². The number of hydrogen-bond acceptors (Lipinski definition) is 3. The van der Waals surface area contributed by atoms with Gasteiger partial charge in [0.1, 0.15) is 0 Å². The topological polar surface area (TPSA) is 53.1 Å². The summed E-state index contributed by atoms with van der Waals surface area (Å²) in [6.45, 7) is 5.43. The Bertz CT molecular complexity index is 270. The van der Waals surface area contributed by atoms with E-state index >= 15 is 0 Å². The zero-order valence-electron chi connectivity index (χ0n) is 8.45. The maximum Gasteiger partial charge on any atom is 0.0826 e. The fraction of sp³-hybridized carbons (Fsp3) is 0.667. The van der Waals surface area contributed by atoms with Gasteiger partial charge in [-0.15, -0.1) is 0 Å². The van der Waals surface area contributed by atoms with Gasteiger partial charge in [-0.2, -0.15) is 5.10 Å². The summed E-state index contributed by atoms with van der Waals surface area (Å²) >= 11 is 0. The second-order valence-electron chi connectivity index (χ2n) is 3.08. The maximum atomic E-state index is 5.46. The molecule has 74 valence electrons. The average molecular weight is 183 g/mol. The van der Waals surface area contributed by atoms with E-state index in [9.17, 15) is 0 Å². The molecular formula is C9H17N3O. The van der Waals surface area contributed by atoms with Gasteiger partial charge in [0.25, 0.3) is 0 Å². The molecule has 0 aliphatic carbocycles. The molecule has 1 rings (SSSR count). The minimum atomic E-state index is 0.103. The summed E-state index contributed by atoms with van der Waals surface area (Å²) in [5.74, 6) is 0. The molecule has 0 spiro atoms. The number of aromatic nitrogens is 2. The molecule has 0 aromatic carbocycles. The summed E-state index contributed by atoms with van der Waals surface area (Å²) in [5, 5.41) is 4.23. The first kappa shape index (κ1) is 10.2. The van der Waals surface area contributed by atoms with Crippen LogP contribution in [-0.2, 0) is 11.3 Å². The predicted molar refractivity (Wildman–Crippen MR) is 51.4 cm³/mol. The van der Waals surface area contributed by atoms with E-state index in [1.165, 1.54) is 0 Å². The molecule has 0 unspecified atom stereocenters. The van der Waals surface area contributed by atoms with Crippen LogP contribution in [0.1, 0.15) is 24.3 Å². The van der Waals surface area contributed by atoms with Crippen LogP contribution in [0.3, 0.4) is 0 Å². The first-order valence-corrected chi connectivity index (χ1v) is 4.45. The van der Waals surface area contributed by atoms with Gasteiger partial charge in [0.2, 0.25) is 0 Å². The largest absolute Gasteiger partial charge is 0.377 e. The molecule has 0 saturated carbocycles. The molecule has 0 amide bonds. The van der Waals surface area contributed by atoms with E-state index in [0.717, 1.165) is 17.8 Å². The monoisotopic (exact) mass is 183 g/mol. The molecular weight excluding hydrogens is 166 g/mol. The van der Waals surface area contributed by atoms with E-state index in [-0.39, 0.29) is 6.10 Å². The number of methoxy groups -OCH3 is 1. The lowest BCUT2D eigenvalue weighted by atomic mass is 10.2. The van der Waals surface area contributed by atoms with Crippen LogP contribution in [0.4, 0.5) is 0 Å². The van der Waals surface area contributed by atoms with Crippen molar-refractivity contribution in [3.8, 4) is 0 Å². The van der Waals surface area contributed by atoms with Gasteiger partial charge in [0.05, 0.1) is 18.8 Å². The minimum Gasteiger partial charge on any atom is -0.377 e. The molecule has 4 nitrogen and oxygen atoms in total. The van der Waals surface area contributed by atoms with Crippen molar-refractivity contribution in [1.29, 1.82) is 0 Å². The van der Waals surface area contributed by atoms with Crippen molar-refractivity contribution in [3.05, 3.63) is 17.5 Å². The molecule has 4 heteroatoms. The van der Waals surface area contributed by atoms with Gasteiger partial charge in [0.15, 0.2) is 0 Å². The smallest absolute Gasteiger partial charge is 0.0826 e. The fourth-order valence-corrected chi connectivity index (χ4v) is 1.33. The summed E-state index contributed by atoms with van der Waals surface area (Å²) in [4.78, 5) is 0. The summed E-state index contributed by atoms with van der Waals surface area (Å²) in [7, 11) is 1.70. The van der Waals surface area contributed by atoms with E-state index < -0.39 is 0 Å². The van der Waals surface area contributed by atoms with Gasteiger partial charge in [-0.25, -0.2) is 0 Å². The quantitative estimate of drug-likeness (QED) is 0.753. The lowest BCUT2D eigenvalue weighted by Gasteiger charge is -2.09. The van der Waals surface area contributed by atoms with Crippen molar-refractivity contribution >= 4 is 0 Å². The van der Waals surface area contributed by atoms with E-state index in [1.807, 2.05) is 24.7 Å². The Balaban J connectivity index is 2.85. The second-order valence-corrected chi connectivity index (χ2v) is 3.08. The highest BCUT2D eigenvalue weighted by Crippen LogP contribution is 2.18. The van der Waals surface area contributed by atoms with Crippen molar-refractivity contribution in [2.45, 2.75) is 26.5 Å². The Morgan fingerprint density at radius 3 is 2.92 bits per heavy atom. The highest BCUT2D eigenvalue weighted by atomic mass is 16.5. The van der Waals surface area contributed by atoms with Crippen molar-refractivity contribution in [2.24, 2.45) is 5.73 Å². The van der Waals surface area contributed by atoms with Gasteiger partial charge in [-0.3, -0.25) is 4.68 Å². The maximum absolute atomic E-state index is 5.46. The van der Waals surface area contributed by atoms with Crippen molar-refractivity contribution in [2.75, 3.05) is 13.7 Å². The summed E-state index contributed by atoms with van der Waals surface area (Å²) in [5.41, 5.74) is 7.73. The standard InChI is InChI=1S/C9H17N3O/c1-7-9(8(2)13-3)6-11-12(7)5-4-10/h6,8H,4-5,10H2,1-3H3/t8-/m0/s1. The summed E-state index contributed by atoms with van der Waals surface area (Å²) in [6, 6.07) is 0. The zero-order chi connectivity index (χ0) is 9.84. The van der Waals surface area contributed by atoms with Gasteiger partial charge in [-0.05, 0) is 13.8 Å². The van der Waals surface area contributed by atoms with Gasteiger partial charge in [0, 0.05) is 24.9 Å². The van der Waals surface area contributed by atoms with Crippen LogP contribution in [0.15, 0.2) is 6.20 Å². The Morgan fingerprint density at radius 2 is 2.38 bits per heavy atom. The third kappa shape index (κ3) is 2.08. The lowest BCUT2D eigenvalue weighted by molar-refractivity contribution is 0.119. The number of rotatable bonds is 4. The molecule has 0 radical (unpaired) electrons. The minimum absolute atomic E-state index is 0.103. The van der Waals surface area contributed by atoms with E-state index in [4.69, 9.17) is 10.5 Å². The second kappa shape index (κ2) is 4.39. The Kier molecular flexibility index (Phi) is 3.45. The summed E-state index contributed by atoms with van der Waals surface area (Å²) in [6.07, 6.45) is 1.95. The third-order valence-electron chi connectivity index (χ3n) is 2.27. The molecule has 1 atom stereocenters. The van der Waals surface area contributed by atoms with E-state index in [2.05, 4.69) is 5.10 Å². The SMILES string of the molecule is CO[C@@H](C)c1cnn(CCN)c1C. The van der Waals surface area contributed by atoms with Gasteiger partial charge >= 0.3 is 0 Å². The molecule has 0 bridgehead atoms. The van der Waals surface area contributed by atoms with Crippen molar-refractivity contribution in [1.82, 2.24) is 9.78 Å². The first-order chi connectivity index (χ1) is 6.20. The van der Waals surface area contributed by atoms with Crippen molar-refractivity contribution < 1.29 is 4.74 Å². The Morgan fingerprint density at radius 1 is 1.69 bits per heavy atom. The molecule has 2 N–H and O–H groups in total. The lowest BCUT2D eigenvalue weighted by Crippen LogP contribution is -2.12. The first-order valence-electron chi connectivity index (χ1n) is 4.45. The van der Waals surface area contributed by atoms with Crippen LogP contribution in [0, 0.1) is 6.92 Å². The van der Waals surface area contributed by atoms with Crippen LogP contribution in [0.2, 0.25) is 0 Å². The van der Waals surface area contributed by atoms with Crippen molar-refractivity contribution in [3.63, 3.8) is 0 Å². The highest BCUT2D eigenvalue weighted by molar-refractivity contribution is 5.18. The molecule has 1 aromatic rings. The molecule has 0 aliphatic rings. The molecule has 0 aliphatic heterocycles. The van der Waals surface area contributed by atoms with Crippen LogP contribution in [0.25, 0.3) is 0 Å². The van der Waals surface area contributed by atoms with Crippen LogP contribution in [-0.4, -0.2) is 23.4 Å². The number of ether oxygens (including phenoxy) is 1. The summed E-state index contributed by atoms with van der Waals surface area (Å²) < 4.78 is 7.13. The Labute approximate surface area is 78.7 Å². The highest BCUT2D eigenvalue weighted by Gasteiger charge is 2.11. The number of nitrogens with two attached hydrogens (primary N) is 1. The number of hydrogen-bond donors (Lipinski definition) is 1.